The molecule has 0 heterocycles. The molecule has 0 aromatic heterocycles. The predicted molar refractivity (Wildman–Crippen MR) is 64.8 cm³/mol. The second kappa shape index (κ2) is 6.45. The molecule has 0 fully saturated rings. The summed E-state index contributed by atoms with van der Waals surface area (Å²) in [6.45, 7) is 3.44. The first kappa shape index (κ1) is 15.3. The summed E-state index contributed by atoms with van der Waals surface area (Å²) in [5.41, 5.74) is -0.574. The Morgan fingerprint density at radius 2 is 1.95 bits per heavy atom. The van der Waals surface area contributed by atoms with Crippen LogP contribution in [0.5, 0.6) is 0 Å². The summed E-state index contributed by atoms with van der Waals surface area (Å²) < 4.78 is 42.9. The Hall–Kier alpha value is -1.72. The zero-order valence-corrected chi connectivity index (χ0v) is 10.8. The van der Waals surface area contributed by atoms with Gasteiger partial charge in [-0.1, -0.05) is 18.2 Å². The van der Waals surface area contributed by atoms with Crippen molar-refractivity contribution >= 4 is 6.09 Å². The third kappa shape index (κ3) is 5.19. The quantitative estimate of drug-likeness (QED) is 0.914. The summed E-state index contributed by atoms with van der Waals surface area (Å²) in [5, 5.41) is 2.49. The number of carbonyl (C=O) groups excluding carboxylic acids is 1. The molecule has 19 heavy (non-hydrogen) atoms. The Kier molecular flexibility index (Phi) is 5.20. The van der Waals surface area contributed by atoms with E-state index in [1.54, 1.807) is 13.8 Å². The van der Waals surface area contributed by atoms with Gasteiger partial charge in [0, 0.05) is 12.5 Å². The fourth-order valence-corrected chi connectivity index (χ4v) is 1.55. The van der Waals surface area contributed by atoms with Crippen LogP contribution in [0, 0.1) is 0 Å². The molecule has 0 saturated carbocycles. The van der Waals surface area contributed by atoms with E-state index in [4.69, 9.17) is 4.74 Å². The van der Waals surface area contributed by atoms with E-state index >= 15 is 0 Å². The van der Waals surface area contributed by atoms with Crippen molar-refractivity contribution in [1.29, 1.82) is 0 Å². The number of halogens is 3. The average Bonchev–Trinajstić information content (AvgIpc) is 2.27. The maximum atomic E-state index is 12.7. The molecule has 1 aromatic carbocycles. The van der Waals surface area contributed by atoms with Crippen molar-refractivity contribution in [2.75, 3.05) is 6.61 Å². The van der Waals surface area contributed by atoms with Crippen molar-refractivity contribution in [3.8, 4) is 0 Å². The number of hydrogen-bond donors (Lipinski definition) is 1. The Bertz CT molecular complexity index is 430. The zero-order valence-electron chi connectivity index (χ0n) is 10.8. The van der Waals surface area contributed by atoms with Crippen LogP contribution in [0.4, 0.5) is 18.0 Å². The minimum absolute atomic E-state index is 0.0290. The first-order chi connectivity index (χ1) is 8.80. The molecule has 0 atom stereocenters. The fraction of sp³-hybridized carbons (Fsp3) is 0.462. The molecule has 0 aliphatic heterocycles. The fourth-order valence-electron chi connectivity index (χ4n) is 1.55. The molecule has 0 radical (unpaired) electrons. The number of hydrogen-bond acceptors (Lipinski definition) is 2. The maximum Gasteiger partial charge on any atom is 0.416 e. The highest BCUT2D eigenvalue weighted by Gasteiger charge is 2.32. The number of carbonyl (C=O) groups is 1. The van der Waals surface area contributed by atoms with Crippen molar-refractivity contribution in [3.05, 3.63) is 35.4 Å². The molecule has 0 spiro atoms. The van der Waals surface area contributed by atoms with Gasteiger partial charge in [0.1, 0.15) is 0 Å². The molecule has 3 nitrogen and oxygen atoms in total. The molecule has 1 amide bonds. The van der Waals surface area contributed by atoms with Crippen molar-refractivity contribution in [3.63, 3.8) is 0 Å². The third-order valence-corrected chi connectivity index (χ3v) is 2.33. The molecule has 0 aliphatic rings. The monoisotopic (exact) mass is 275 g/mol. The van der Waals surface area contributed by atoms with Crippen LogP contribution in [-0.2, 0) is 17.3 Å². The normalized spacial score (nSPS) is 11.5. The first-order valence-electron chi connectivity index (χ1n) is 5.89. The van der Waals surface area contributed by atoms with Crippen LogP contribution >= 0.6 is 0 Å². The van der Waals surface area contributed by atoms with Crippen LogP contribution in [0.3, 0.4) is 0 Å². The largest absolute Gasteiger partial charge is 0.449 e. The summed E-state index contributed by atoms with van der Waals surface area (Å²) in [4.78, 5) is 11.2. The van der Waals surface area contributed by atoms with Crippen LogP contribution < -0.4 is 5.32 Å². The van der Waals surface area contributed by atoms with Gasteiger partial charge < -0.3 is 10.1 Å². The maximum absolute atomic E-state index is 12.7. The summed E-state index contributed by atoms with van der Waals surface area (Å²) in [6, 6.07) is 5.18. The SMILES string of the molecule is CC(C)NC(=O)OCCc1ccccc1C(F)(F)F. The number of ether oxygens (including phenoxy) is 1. The van der Waals surface area contributed by atoms with E-state index < -0.39 is 17.8 Å². The van der Waals surface area contributed by atoms with Gasteiger partial charge in [-0.05, 0) is 25.5 Å². The molecule has 1 rings (SSSR count). The Labute approximate surface area is 109 Å². The van der Waals surface area contributed by atoms with E-state index in [0.717, 1.165) is 6.07 Å². The van der Waals surface area contributed by atoms with E-state index in [-0.39, 0.29) is 24.6 Å². The molecule has 6 heteroatoms. The zero-order chi connectivity index (χ0) is 14.5. The molecule has 1 aromatic rings. The van der Waals surface area contributed by atoms with E-state index in [1.807, 2.05) is 0 Å². The lowest BCUT2D eigenvalue weighted by molar-refractivity contribution is -0.138. The number of alkyl halides is 3. The van der Waals surface area contributed by atoms with E-state index in [2.05, 4.69) is 5.32 Å². The van der Waals surface area contributed by atoms with Crippen molar-refractivity contribution < 1.29 is 22.7 Å². The van der Waals surface area contributed by atoms with Gasteiger partial charge in [0.15, 0.2) is 0 Å². The molecule has 106 valence electrons. The van der Waals surface area contributed by atoms with Gasteiger partial charge in [-0.15, -0.1) is 0 Å². The number of rotatable bonds is 4. The van der Waals surface area contributed by atoms with Crippen molar-refractivity contribution in [1.82, 2.24) is 5.32 Å². The summed E-state index contributed by atoms with van der Waals surface area (Å²) in [5.74, 6) is 0. The smallest absolute Gasteiger partial charge is 0.416 e. The van der Waals surface area contributed by atoms with Crippen LogP contribution in [0.15, 0.2) is 24.3 Å². The molecular formula is C13H16F3NO2. The summed E-state index contributed by atoms with van der Waals surface area (Å²) in [6.07, 6.45) is -4.99. The lowest BCUT2D eigenvalue weighted by Crippen LogP contribution is -2.31. The van der Waals surface area contributed by atoms with Crippen molar-refractivity contribution in [2.24, 2.45) is 0 Å². The standard InChI is InChI=1S/C13H16F3NO2/c1-9(2)17-12(18)19-8-7-10-5-3-4-6-11(10)13(14,15)16/h3-6,9H,7-8H2,1-2H3,(H,17,18). The second-order valence-corrected chi connectivity index (χ2v) is 4.34. The van der Waals surface area contributed by atoms with Gasteiger partial charge in [0.25, 0.3) is 0 Å². The van der Waals surface area contributed by atoms with Gasteiger partial charge in [-0.3, -0.25) is 0 Å². The number of benzene rings is 1. The van der Waals surface area contributed by atoms with Gasteiger partial charge in [-0.25, -0.2) is 4.79 Å². The van der Waals surface area contributed by atoms with Gasteiger partial charge in [0.2, 0.25) is 0 Å². The van der Waals surface area contributed by atoms with Crippen LogP contribution in [0.2, 0.25) is 0 Å². The van der Waals surface area contributed by atoms with Crippen molar-refractivity contribution in [2.45, 2.75) is 32.5 Å². The average molecular weight is 275 g/mol. The summed E-state index contributed by atoms with van der Waals surface area (Å²) in [7, 11) is 0. The van der Waals surface area contributed by atoms with Crippen LogP contribution in [-0.4, -0.2) is 18.7 Å². The van der Waals surface area contributed by atoms with Gasteiger partial charge in [-0.2, -0.15) is 13.2 Å². The lowest BCUT2D eigenvalue weighted by Gasteiger charge is -2.13. The second-order valence-electron chi connectivity index (χ2n) is 4.34. The molecule has 1 N–H and O–H groups in total. The van der Waals surface area contributed by atoms with E-state index in [9.17, 15) is 18.0 Å². The Morgan fingerprint density at radius 1 is 1.32 bits per heavy atom. The highest BCUT2D eigenvalue weighted by atomic mass is 19.4. The molecular weight excluding hydrogens is 259 g/mol. The molecule has 0 aliphatic carbocycles. The minimum atomic E-state index is -4.39. The highest BCUT2D eigenvalue weighted by Crippen LogP contribution is 2.31. The molecule has 0 saturated heterocycles. The highest BCUT2D eigenvalue weighted by molar-refractivity contribution is 5.67. The Morgan fingerprint density at radius 3 is 2.53 bits per heavy atom. The lowest BCUT2D eigenvalue weighted by atomic mass is 10.0. The van der Waals surface area contributed by atoms with Gasteiger partial charge in [0.05, 0.1) is 12.2 Å². The van der Waals surface area contributed by atoms with E-state index in [0.29, 0.717) is 0 Å². The first-order valence-corrected chi connectivity index (χ1v) is 5.89. The summed E-state index contributed by atoms with van der Waals surface area (Å²) >= 11 is 0. The number of nitrogens with one attached hydrogen (secondary N) is 1. The van der Waals surface area contributed by atoms with Gasteiger partial charge >= 0.3 is 12.3 Å². The predicted octanol–water partition coefficient (Wildman–Crippen LogP) is 3.38. The number of amides is 1. The molecule has 0 bridgehead atoms. The number of alkyl carbamates (subject to hydrolysis) is 1. The molecule has 0 unspecified atom stereocenters. The van der Waals surface area contributed by atoms with Crippen LogP contribution in [0.1, 0.15) is 25.0 Å². The third-order valence-electron chi connectivity index (χ3n) is 2.33. The Balaban J connectivity index is 2.57. The van der Waals surface area contributed by atoms with Crippen LogP contribution in [0.25, 0.3) is 0 Å². The minimum Gasteiger partial charge on any atom is -0.449 e. The van der Waals surface area contributed by atoms with E-state index in [1.165, 1.54) is 18.2 Å². The topological polar surface area (TPSA) is 38.3 Å².